The molecule has 1 aromatic carbocycles. The van der Waals surface area contributed by atoms with E-state index in [0.29, 0.717) is 12.0 Å². The number of anilines is 1. The zero-order valence-corrected chi connectivity index (χ0v) is 14.0. The van der Waals surface area contributed by atoms with Crippen molar-refractivity contribution in [1.82, 2.24) is 9.97 Å². The number of nitrogens with zero attached hydrogens (tertiary/aromatic N) is 2. The first kappa shape index (κ1) is 15.0. The summed E-state index contributed by atoms with van der Waals surface area (Å²) < 4.78 is 0. The van der Waals surface area contributed by atoms with Crippen LogP contribution >= 0.6 is 0 Å². The zero-order valence-electron chi connectivity index (χ0n) is 14.0. The average Bonchev–Trinajstić information content (AvgIpc) is 2.84. The van der Waals surface area contributed by atoms with Crippen LogP contribution in [0.4, 0.5) is 5.82 Å². The van der Waals surface area contributed by atoms with Gasteiger partial charge in [-0.05, 0) is 43.2 Å². The molecule has 0 radical (unpaired) electrons. The van der Waals surface area contributed by atoms with Gasteiger partial charge in [0.2, 0.25) is 0 Å². The Balaban J connectivity index is 1.96. The molecule has 1 aromatic heterocycles. The van der Waals surface area contributed by atoms with Crippen LogP contribution < -0.4 is 5.32 Å². The van der Waals surface area contributed by atoms with Gasteiger partial charge in [-0.25, -0.2) is 4.98 Å². The maximum absolute atomic E-state index is 4.86. The van der Waals surface area contributed by atoms with Crippen molar-refractivity contribution in [3.8, 4) is 0 Å². The second kappa shape index (κ2) is 6.07. The molecule has 0 fully saturated rings. The Hall–Kier alpha value is -1.90. The molecular formula is C19H25N3. The molecule has 3 rings (SSSR count). The lowest BCUT2D eigenvalue weighted by atomic mass is 10.0. The topological polar surface area (TPSA) is 37.8 Å². The van der Waals surface area contributed by atoms with Crippen molar-refractivity contribution in [3.63, 3.8) is 0 Å². The van der Waals surface area contributed by atoms with E-state index in [-0.39, 0.29) is 0 Å². The molecule has 0 spiro atoms. The van der Waals surface area contributed by atoms with Crippen molar-refractivity contribution in [1.29, 1.82) is 0 Å². The number of hydrogen-bond donors (Lipinski definition) is 1. The number of hydrogen-bond acceptors (Lipinski definition) is 3. The lowest BCUT2D eigenvalue weighted by Gasteiger charge is -2.21. The minimum atomic E-state index is 0.336. The summed E-state index contributed by atoms with van der Waals surface area (Å²) in [6.45, 7) is 8.65. The van der Waals surface area contributed by atoms with E-state index in [1.54, 1.807) is 0 Å². The molecule has 0 saturated carbocycles. The number of rotatable bonds is 4. The maximum atomic E-state index is 4.86. The van der Waals surface area contributed by atoms with Crippen molar-refractivity contribution < 1.29 is 0 Å². The molecule has 2 atom stereocenters. The summed E-state index contributed by atoms with van der Waals surface area (Å²) in [6, 6.07) is 9.08. The van der Waals surface area contributed by atoms with Crippen LogP contribution in [0, 0.1) is 12.8 Å². The molecule has 2 aromatic rings. The molecule has 3 heteroatoms. The summed E-state index contributed by atoms with van der Waals surface area (Å²) in [5, 5.41) is 3.69. The Bertz CT molecular complexity index is 678. The summed E-state index contributed by atoms with van der Waals surface area (Å²) >= 11 is 0. The Kier molecular flexibility index (Phi) is 4.14. The van der Waals surface area contributed by atoms with Gasteiger partial charge in [0.05, 0.1) is 23.1 Å². The molecule has 0 saturated heterocycles. The van der Waals surface area contributed by atoms with E-state index in [1.165, 1.54) is 11.1 Å². The van der Waals surface area contributed by atoms with E-state index in [4.69, 9.17) is 9.97 Å². The molecule has 0 bridgehead atoms. The van der Waals surface area contributed by atoms with Gasteiger partial charge in [-0.3, -0.25) is 4.98 Å². The van der Waals surface area contributed by atoms with Crippen molar-refractivity contribution >= 4 is 5.82 Å². The quantitative estimate of drug-likeness (QED) is 0.916. The molecule has 1 aliphatic carbocycles. The molecule has 1 heterocycles. The third-order valence-electron chi connectivity index (χ3n) is 4.70. The van der Waals surface area contributed by atoms with E-state index >= 15 is 0 Å². The van der Waals surface area contributed by atoms with E-state index in [0.717, 1.165) is 42.2 Å². The highest BCUT2D eigenvalue weighted by molar-refractivity contribution is 5.48. The molecule has 1 aliphatic rings. The first-order valence-corrected chi connectivity index (χ1v) is 8.34. The van der Waals surface area contributed by atoms with Crippen molar-refractivity contribution in [3.05, 3.63) is 52.5 Å². The van der Waals surface area contributed by atoms with E-state index in [9.17, 15) is 0 Å². The van der Waals surface area contributed by atoms with Crippen molar-refractivity contribution in [2.45, 2.75) is 53.0 Å². The minimum Gasteiger partial charge on any atom is -0.361 e. The number of aromatic nitrogens is 2. The largest absolute Gasteiger partial charge is 0.361 e. The highest BCUT2D eigenvalue weighted by atomic mass is 15.1. The lowest BCUT2D eigenvalue weighted by Crippen LogP contribution is -2.18. The number of aryl methyl sites for hydroxylation is 3. The summed E-state index contributed by atoms with van der Waals surface area (Å²) in [5.41, 5.74) is 6.11. The Labute approximate surface area is 133 Å². The summed E-state index contributed by atoms with van der Waals surface area (Å²) in [6.07, 6.45) is 2.96. The van der Waals surface area contributed by atoms with E-state index in [1.807, 2.05) is 0 Å². The van der Waals surface area contributed by atoms with Gasteiger partial charge in [0.25, 0.3) is 0 Å². The Morgan fingerprint density at radius 3 is 2.55 bits per heavy atom. The Morgan fingerprint density at radius 2 is 1.82 bits per heavy atom. The van der Waals surface area contributed by atoms with Crippen LogP contribution in [-0.4, -0.2) is 9.97 Å². The first-order chi connectivity index (χ1) is 10.6. The van der Waals surface area contributed by atoms with Crippen LogP contribution in [0.1, 0.15) is 55.0 Å². The smallest absolute Gasteiger partial charge is 0.148 e. The van der Waals surface area contributed by atoms with Gasteiger partial charge in [-0.15, -0.1) is 0 Å². The van der Waals surface area contributed by atoms with Crippen LogP contribution in [0.15, 0.2) is 24.3 Å². The number of fused-ring (bicyclic) bond motifs is 1. The number of nitrogens with one attached hydrogen (secondary N) is 1. The fraction of sp³-hybridized carbons (Fsp3) is 0.474. The van der Waals surface area contributed by atoms with Crippen LogP contribution in [-0.2, 0) is 19.3 Å². The third-order valence-corrected chi connectivity index (χ3v) is 4.70. The highest BCUT2D eigenvalue weighted by Gasteiger charge is 2.29. The SMILES string of the molecule is CCc1nc(NC2c3ccccc3CC2C)c(CC)nc1C. The van der Waals surface area contributed by atoms with Gasteiger partial charge < -0.3 is 5.32 Å². The molecule has 2 unspecified atom stereocenters. The fourth-order valence-corrected chi connectivity index (χ4v) is 3.46. The molecule has 22 heavy (non-hydrogen) atoms. The second-order valence-corrected chi connectivity index (χ2v) is 6.26. The summed E-state index contributed by atoms with van der Waals surface area (Å²) in [5.74, 6) is 1.55. The van der Waals surface area contributed by atoms with Crippen molar-refractivity contribution in [2.75, 3.05) is 5.32 Å². The van der Waals surface area contributed by atoms with Gasteiger partial charge >= 0.3 is 0 Å². The molecule has 0 amide bonds. The van der Waals surface area contributed by atoms with E-state index < -0.39 is 0 Å². The van der Waals surface area contributed by atoms with E-state index in [2.05, 4.69) is 57.3 Å². The number of benzene rings is 1. The molecule has 1 N–H and O–H groups in total. The molecule has 3 nitrogen and oxygen atoms in total. The average molecular weight is 295 g/mol. The van der Waals surface area contributed by atoms with Gasteiger partial charge in [-0.2, -0.15) is 0 Å². The van der Waals surface area contributed by atoms with Gasteiger partial charge in [-0.1, -0.05) is 45.0 Å². The standard InChI is InChI=1S/C19H25N3/c1-5-16-13(4)20-17(6-2)19(21-16)22-18-12(3)11-14-9-7-8-10-15(14)18/h7-10,12,18H,5-6,11H2,1-4H3,(H,21,22). The second-order valence-electron chi connectivity index (χ2n) is 6.26. The highest BCUT2D eigenvalue weighted by Crippen LogP contribution is 2.38. The first-order valence-electron chi connectivity index (χ1n) is 8.34. The van der Waals surface area contributed by atoms with Crippen LogP contribution in [0.3, 0.4) is 0 Å². The van der Waals surface area contributed by atoms with Gasteiger partial charge in [0, 0.05) is 0 Å². The summed E-state index contributed by atoms with van der Waals surface area (Å²) in [4.78, 5) is 9.62. The third kappa shape index (κ3) is 2.60. The maximum Gasteiger partial charge on any atom is 0.148 e. The van der Waals surface area contributed by atoms with Crippen LogP contribution in [0.25, 0.3) is 0 Å². The zero-order chi connectivity index (χ0) is 15.7. The normalized spacial score (nSPS) is 20.0. The predicted octanol–water partition coefficient (Wildman–Crippen LogP) is 4.26. The lowest BCUT2D eigenvalue weighted by molar-refractivity contribution is 0.539. The van der Waals surface area contributed by atoms with Gasteiger partial charge in [0.1, 0.15) is 5.82 Å². The van der Waals surface area contributed by atoms with Crippen LogP contribution in [0.5, 0.6) is 0 Å². The van der Waals surface area contributed by atoms with Gasteiger partial charge in [0.15, 0.2) is 0 Å². The minimum absolute atomic E-state index is 0.336. The monoisotopic (exact) mass is 295 g/mol. The predicted molar refractivity (Wildman–Crippen MR) is 91.2 cm³/mol. The molecular weight excluding hydrogens is 270 g/mol. The summed E-state index contributed by atoms with van der Waals surface area (Å²) in [7, 11) is 0. The van der Waals surface area contributed by atoms with Crippen molar-refractivity contribution in [2.24, 2.45) is 5.92 Å². The Morgan fingerprint density at radius 1 is 1.09 bits per heavy atom. The fourth-order valence-electron chi connectivity index (χ4n) is 3.46. The van der Waals surface area contributed by atoms with Crippen LogP contribution in [0.2, 0.25) is 0 Å². The molecule has 0 aliphatic heterocycles. The molecule has 116 valence electrons.